The van der Waals surface area contributed by atoms with Crippen LogP contribution in [0.1, 0.15) is 34.6 Å². The molecule has 0 fully saturated rings. The molecule has 0 atom stereocenters. The summed E-state index contributed by atoms with van der Waals surface area (Å²) < 4.78 is 10.2. The van der Waals surface area contributed by atoms with Crippen LogP contribution >= 0.6 is 0 Å². The molecule has 0 bridgehead atoms. The standard InChI is InChI=1S/C15H12O5.C2H6/c1-19-12-8-4-3-7-11(12)15(18)20-13-9-5-2-6-10(13)14(16)17;1-2/h2-9H,1H3,(H,16,17);1-2H3. The van der Waals surface area contributed by atoms with Gasteiger partial charge in [-0.3, -0.25) is 0 Å². The lowest BCUT2D eigenvalue weighted by Gasteiger charge is -2.09. The highest BCUT2D eigenvalue weighted by atomic mass is 16.5. The van der Waals surface area contributed by atoms with Gasteiger partial charge in [-0.05, 0) is 24.3 Å². The van der Waals surface area contributed by atoms with Crippen molar-refractivity contribution < 1.29 is 24.2 Å². The van der Waals surface area contributed by atoms with Crippen molar-refractivity contribution in [3.05, 3.63) is 59.7 Å². The van der Waals surface area contributed by atoms with E-state index in [1.807, 2.05) is 13.8 Å². The maximum absolute atomic E-state index is 12.1. The number of hydrogen-bond acceptors (Lipinski definition) is 4. The van der Waals surface area contributed by atoms with E-state index in [2.05, 4.69) is 0 Å². The van der Waals surface area contributed by atoms with Crippen molar-refractivity contribution in [3.8, 4) is 11.5 Å². The van der Waals surface area contributed by atoms with Gasteiger partial charge in [-0.1, -0.05) is 38.1 Å². The molecular weight excluding hydrogens is 284 g/mol. The van der Waals surface area contributed by atoms with E-state index in [1.165, 1.54) is 19.2 Å². The van der Waals surface area contributed by atoms with Crippen molar-refractivity contribution >= 4 is 11.9 Å². The fraction of sp³-hybridized carbons (Fsp3) is 0.176. The van der Waals surface area contributed by atoms with Crippen molar-refractivity contribution in [2.45, 2.75) is 13.8 Å². The van der Waals surface area contributed by atoms with E-state index >= 15 is 0 Å². The lowest BCUT2D eigenvalue weighted by molar-refractivity contribution is 0.0681. The molecule has 2 aromatic carbocycles. The van der Waals surface area contributed by atoms with E-state index in [0.717, 1.165) is 0 Å². The average molecular weight is 302 g/mol. The van der Waals surface area contributed by atoms with Gasteiger partial charge in [0.25, 0.3) is 0 Å². The Hall–Kier alpha value is -2.82. The van der Waals surface area contributed by atoms with E-state index in [0.29, 0.717) is 5.75 Å². The maximum Gasteiger partial charge on any atom is 0.347 e. The molecule has 0 aliphatic heterocycles. The Morgan fingerprint density at radius 1 is 0.864 bits per heavy atom. The van der Waals surface area contributed by atoms with Gasteiger partial charge in [-0.25, -0.2) is 9.59 Å². The normalized spacial score (nSPS) is 9.23. The highest BCUT2D eigenvalue weighted by Crippen LogP contribution is 2.23. The molecule has 1 N–H and O–H groups in total. The largest absolute Gasteiger partial charge is 0.496 e. The number of carbonyl (C=O) groups is 2. The minimum Gasteiger partial charge on any atom is -0.496 e. The van der Waals surface area contributed by atoms with Crippen LogP contribution in [0.25, 0.3) is 0 Å². The van der Waals surface area contributed by atoms with Crippen LogP contribution in [0.15, 0.2) is 48.5 Å². The Morgan fingerprint density at radius 3 is 1.91 bits per heavy atom. The molecule has 0 saturated heterocycles. The van der Waals surface area contributed by atoms with Gasteiger partial charge in [0.2, 0.25) is 0 Å². The molecule has 0 radical (unpaired) electrons. The third-order valence-corrected chi connectivity index (χ3v) is 2.65. The highest BCUT2D eigenvalue weighted by Gasteiger charge is 2.17. The fourth-order valence-electron chi connectivity index (χ4n) is 1.70. The highest BCUT2D eigenvalue weighted by molar-refractivity contribution is 5.96. The number of carboxylic acid groups (broad SMARTS) is 1. The van der Waals surface area contributed by atoms with Gasteiger partial charge >= 0.3 is 11.9 Å². The van der Waals surface area contributed by atoms with Crippen LogP contribution in [0.3, 0.4) is 0 Å². The monoisotopic (exact) mass is 302 g/mol. The van der Waals surface area contributed by atoms with Gasteiger partial charge in [0.05, 0.1) is 7.11 Å². The third-order valence-electron chi connectivity index (χ3n) is 2.65. The number of carbonyl (C=O) groups excluding carboxylic acids is 1. The number of benzene rings is 2. The first-order valence-electron chi connectivity index (χ1n) is 6.81. The predicted octanol–water partition coefficient (Wildman–Crippen LogP) is 3.64. The van der Waals surface area contributed by atoms with E-state index in [1.54, 1.807) is 36.4 Å². The molecule has 2 aromatic rings. The zero-order valence-corrected chi connectivity index (χ0v) is 12.7. The number of para-hydroxylation sites is 2. The summed E-state index contributed by atoms with van der Waals surface area (Å²) in [6, 6.07) is 12.5. The van der Waals surface area contributed by atoms with Crippen molar-refractivity contribution in [2.75, 3.05) is 7.11 Å². The smallest absolute Gasteiger partial charge is 0.347 e. The van der Waals surface area contributed by atoms with E-state index in [9.17, 15) is 9.59 Å². The number of ether oxygens (including phenoxy) is 2. The van der Waals surface area contributed by atoms with Crippen LogP contribution in [-0.4, -0.2) is 24.2 Å². The molecule has 0 amide bonds. The summed E-state index contributed by atoms with van der Waals surface area (Å²) in [6.07, 6.45) is 0. The van der Waals surface area contributed by atoms with Crippen molar-refractivity contribution in [1.82, 2.24) is 0 Å². The predicted molar refractivity (Wildman–Crippen MR) is 82.7 cm³/mol. The van der Waals surface area contributed by atoms with Crippen LogP contribution in [0.5, 0.6) is 11.5 Å². The summed E-state index contributed by atoms with van der Waals surface area (Å²) >= 11 is 0. The number of esters is 1. The summed E-state index contributed by atoms with van der Waals surface area (Å²) in [6.45, 7) is 4.00. The zero-order valence-electron chi connectivity index (χ0n) is 12.7. The van der Waals surface area contributed by atoms with Crippen LogP contribution in [0, 0.1) is 0 Å². The Labute approximate surface area is 129 Å². The molecule has 0 aliphatic rings. The molecule has 0 heterocycles. The number of aromatic carboxylic acids is 1. The van der Waals surface area contributed by atoms with Gasteiger partial charge in [-0.2, -0.15) is 0 Å². The molecule has 116 valence electrons. The summed E-state index contributed by atoms with van der Waals surface area (Å²) in [4.78, 5) is 23.1. The molecule has 0 spiro atoms. The average Bonchev–Trinajstić information content (AvgIpc) is 2.57. The molecule has 5 heteroatoms. The Bertz CT molecular complexity index is 649. The fourth-order valence-corrected chi connectivity index (χ4v) is 1.70. The molecule has 0 unspecified atom stereocenters. The minimum atomic E-state index is -1.16. The van der Waals surface area contributed by atoms with Crippen molar-refractivity contribution in [3.63, 3.8) is 0 Å². The van der Waals surface area contributed by atoms with Crippen LogP contribution in [-0.2, 0) is 0 Å². The second kappa shape index (κ2) is 8.46. The lowest BCUT2D eigenvalue weighted by atomic mass is 10.2. The Balaban J connectivity index is 0.00000116. The van der Waals surface area contributed by atoms with Crippen molar-refractivity contribution in [2.24, 2.45) is 0 Å². The van der Waals surface area contributed by atoms with E-state index in [4.69, 9.17) is 14.6 Å². The van der Waals surface area contributed by atoms with Gasteiger partial charge in [-0.15, -0.1) is 0 Å². The first-order chi connectivity index (χ1) is 10.6. The summed E-state index contributed by atoms with van der Waals surface area (Å²) in [5.41, 5.74) is 0.158. The lowest BCUT2D eigenvalue weighted by Crippen LogP contribution is -2.12. The topological polar surface area (TPSA) is 72.8 Å². The molecular formula is C17H18O5. The maximum atomic E-state index is 12.1. The minimum absolute atomic E-state index is 0.00379. The molecule has 0 aromatic heterocycles. The van der Waals surface area contributed by atoms with Gasteiger partial charge in [0.15, 0.2) is 0 Å². The summed E-state index contributed by atoms with van der Waals surface area (Å²) in [5, 5.41) is 9.03. The molecule has 2 rings (SSSR count). The molecule has 22 heavy (non-hydrogen) atoms. The summed E-state index contributed by atoms with van der Waals surface area (Å²) in [7, 11) is 1.44. The summed E-state index contributed by atoms with van der Waals surface area (Å²) in [5.74, 6) is -1.47. The number of methoxy groups -OCH3 is 1. The van der Waals surface area contributed by atoms with Gasteiger partial charge < -0.3 is 14.6 Å². The van der Waals surface area contributed by atoms with Crippen LogP contribution < -0.4 is 9.47 Å². The number of rotatable bonds is 4. The van der Waals surface area contributed by atoms with Crippen LogP contribution in [0.2, 0.25) is 0 Å². The second-order valence-electron chi connectivity index (χ2n) is 3.89. The van der Waals surface area contributed by atoms with E-state index < -0.39 is 11.9 Å². The number of hydrogen-bond donors (Lipinski definition) is 1. The molecule has 5 nitrogen and oxygen atoms in total. The van der Waals surface area contributed by atoms with Crippen LogP contribution in [0.4, 0.5) is 0 Å². The first-order valence-corrected chi connectivity index (χ1v) is 6.81. The first kappa shape index (κ1) is 17.2. The third kappa shape index (κ3) is 4.09. The molecule has 0 saturated carbocycles. The van der Waals surface area contributed by atoms with Gasteiger partial charge in [0, 0.05) is 0 Å². The SMILES string of the molecule is CC.COc1ccccc1C(=O)Oc1ccccc1C(=O)O. The Morgan fingerprint density at radius 2 is 1.36 bits per heavy atom. The number of carboxylic acids is 1. The second-order valence-corrected chi connectivity index (χ2v) is 3.89. The van der Waals surface area contributed by atoms with Crippen molar-refractivity contribution in [1.29, 1.82) is 0 Å². The van der Waals surface area contributed by atoms with Gasteiger partial charge in [0.1, 0.15) is 22.6 Å². The molecule has 0 aliphatic carbocycles. The quantitative estimate of drug-likeness (QED) is 0.689. The zero-order chi connectivity index (χ0) is 16.5. The Kier molecular flexibility index (Phi) is 6.63. The van der Waals surface area contributed by atoms with E-state index in [-0.39, 0.29) is 16.9 Å².